The number of amides is 1. The number of anilines is 1. The minimum absolute atomic E-state index is 0.195. The van der Waals surface area contributed by atoms with E-state index in [1.807, 2.05) is 36.4 Å². The average Bonchev–Trinajstić information content (AvgIpc) is 3.11. The number of benzene rings is 2. The summed E-state index contributed by atoms with van der Waals surface area (Å²) in [5, 5.41) is 14.0. The molecule has 0 aliphatic rings. The molecule has 6 nitrogen and oxygen atoms in total. The molecule has 23 heavy (non-hydrogen) atoms. The van der Waals surface area contributed by atoms with Crippen LogP contribution < -0.4 is 5.32 Å². The summed E-state index contributed by atoms with van der Waals surface area (Å²) in [7, 11) is 0. The Kier molecular flexibility index (Phi) is 4.42. The van der Waals surface area contributed by atoms with Crippen LogP contribution in [0.4, 0.5) is 5.69 Å². The van der Waals surface area contributed by atoms with E-state index in [-0.39, 0.29) is 5.91 Å². The molecule has 0 atom stereocenters. The summed E-state index contributed by atoms with van der Waals surface area (Å²) in [5.41, 5.74) is 3.18. The third-order valence-corrected chi connectivity index (χ3v) is 3.49. The molecule has 0 saturated carbocycles. The first-order valence-electron chi connectivity index (χ1n) is 7.50. The molecule has 0 bridgehead atoms. The molecule has 1 amide bonds. The van der Waals surface area contributed by atoms with E-state index >= 15 is 0 Å². The summed E-state index contributed by atoms with van der Waals surface area (Å²) in [5.74, 6) is -0.195. The van der Waals surface area contributed by atoms with Crippen LogP contribution in [0.3, 0.4) is 0 Å². The molecule has 1 N–H and O–H groups in total. The highest BCUT2D eigenvalue weighted by atomic mass is 16.1. The maximum absolute atomic E-state index is 12.5. The van der Waals surface area contributed by atoms with Crippen LogP contribution in [-0.2, 0) is 6.42 Å². The number of tetrazole rings is 1. The monoisotopic (exact) mass is 307 g/mol. The fraction of sp³-hybridized carbons (Fsp3) is 0.176. The number of para-hydroxylation sites is 1. The van der Waals surface area contributed by atoms with E-state index in [0.717, 1.165) is 18.5 Å². The first-order valence-corrected chi connectivity index (χ1v) is 7.50. The van der Waals surface area contributed by atoms with E-state index in [0.29, 0.717) is 11.3 Å². The lowest BCUT2D eigenvalue weighted by molar-refractivity contribution is 0.102. The molecule has 3 rings (SSSR count). The van der Waals surface area contributed by atoms with Crippen LogP contribution in [0.5, 0.6) is 0 Å². The number of hydrogen-bond acceptors (Lipinski definition) is 4. The largest absolute Gasteiger partial charge is 0.322 e. The lowest BCUT2D eigenvalue weighted by Gasteiger charge is -2.10. The van der Waals surface area contributed by atoms with Crippen molar-refractivity contribution in [3.63, 3.8) is 0 Å². The van der Waals surface area contributed by atoms with E-state index < -0.39 is 0 Å². The van der Waals surface area contributed by atoms with Crippen molar-refractivity contribution in [1.29, 1.82) is 0 Å². The fourth-order valence-corrected chi connectivity index (χ4v) is 2.38. The zero-order valence-corrected chi connectivity index (χ0v) is 12.8. The van der Waals surface area contributed by atoms with Gasteiger partial charge >= 0.3 is 0 Å². The summed E-state index contributed by atoms with van der Waals surface area (Å²) in [6.45, 7) is 2.14. The lowest BCUT2D eigenvalue weighted by Crippen LogP contribution is -2.15. The van der Waals surface area contributed by atoms with Crippen LogP contribution in [0.2, 0.25) is 0 Å². The minimum atomic E-state index is -0.195. The van der Waals surface area contributed by atoms with Crippen molar-refractivity contribution in [1.82, 2.24) is 20.2 Å². The van der Waals surface area contributed by atoms with Crippen LogP contribution >= 0.6 is 0 Å². The minimum Gasteiger partial charge on any atom is -0.322 e. The molecule has 0 aliphatic heterocycles. The SMILES string of the molecule is CCCc1ccc(NC(=O)c2ccccc2-n2cnnn2)cc1. The van der Waals surface area contributed by atoms with Crippen molar-refractivity contribution in [2.24, 2.45) is 0 Å². The molecule has 0 unspecified atom stereocenters. The molecule has 0 saturated heterocycles. The van der Waals surface area contributed by atoms with E-state index in [1.54, 1.807) is 12.1 Å². The van der Waals surface area contributed by atoms with Gasteiger partial charge in [-0.1, -0.05) is 37.6 Å². The Morgan fingerprint density at radius 1 is 1.13 bits per heavy atom. The van der Waals surface area contributed by atoms with Gasteiger partial charge in [0.25, 0.3) is 5.91 Å². The molecule has 1 aromatic heterocycles. The maximum atomic E-state index is 12.5. The molecule has 2 aromatic carbocycles. The third-order valence-electron chi connectivity index (χ3n) is 3.49. The molecule has 0 fully saturated rings. The van der Waals surface area contributed by atoms with E-state index in [4.69, 9.17) is 0 Å². The second kappa shape index (κ2) is 6.83. The van der Waals surface area contributed by atoms with Crippen molar-refractivity contribution in [3.05, 3.63) is 66.0 Å². The Balaban J connectivity index is 1.81. The van der Waals surface area contributed by atoms with Crippen molar-refractivity contribution >= 4 is 11.6 Å². The highest BCUT2D eigenvalue weighted by Gasteiger charge is 2.13. The van der Waals surface area contributed by atoms with Gasteiger partial charge in [-0.2, -0.15) is 4.68 Å². The lowest BCUT2D eigenvalue weighted by atomic mass is 10.1. The predicted octanol–water partition coefficient (Wildman–Crippen LogP) is 2.87. The van der Waals surface area contributed by atoms with Crippen molar-refractivity contribution in [3.8, 4) is 5.69 Å². The quantitative estimate of drug-likeness (QED) is 0.786. The maximum Gasteiger partial charge on any atom is 0.257 e. The molecular formula is C17H17N5O. The summed E-state index contributed by atoms with van der Waals surface area (Å²) in [6.07, 6.45) is 3.60. The first-order chi connectivity index (χ1) is 11.3. The summed E-state index contributed by atoms with van der Waals surface area (Å²) < 4.78 is 1.47. The van der Waals surface area contributed by atoms with Crippen LogP contribution in [0.15, 0.2) is 54.9 Å². The van der Waals surface area contributed by atoms with Crippen LogP contribution in [0, 0.1) is 0 Å². The van der Waals surface area contributed by atoms with Crippen LogP contribution in [0.1, 0.15) is 29.3 Å². The van der Waals surface area contributed by atoms with Crippen molar-refractivity contribution in [2.75, 3.05) is 5.32 Å². The van der Waals surface area contributed by atoms with Crippen molar-refractivity contribution in [2.45, 2.75) is 19.8 Å². The van der Waals surface area contributed by atoms with Gasteiger partial charge in [0.15, 0.2) is 0 Å². The Labute approximate surface area is 134 Å². The number of carbonyl (C=O) groups excluding carboxylic acids is 1. The van der Waals surface area contributed by atoms with Gasteiger partial charge in [-0.25, -0.2) is 0 Å². The van der Waals surface area contributed by atoms with Crippen molar-refractivity contribution < 1.29 is 4.79 Å². The zero-order valence-electron chi connectivity index (χ0n) is 12.8. The van der Waals surface area contributed by atoms with Gasteiger partial charge in [-0.15, -0.1) is 5.10 Å². The number of nitrogens with one attached hydrogen (secondary N) is 1. The number of rotatable bonds is 5. The van der Waals surface area contributed by atoms with Gasteiger partial charge in [0.2, 0.25) is 0 Å². The highest BCUT2D eigenvalue weighted by Crippen LogP contribution is 2.16. The number of nitrogens with zero attached hydrogens (tertiary/aromatic N) is 4. The molecule has 1 heterocycles. The first kappa shape index (κ1) is 14.9. The van der Waals surface area contributed by atoms with E-state index in [9.17, 15) is 4.79 Å². The Bertz CT molecular complexity index is 781. The third kappa shape index (κ3) is 3.42. The smallest absolute Gasteiger partial charge is 0.257 e. The standard InChI is InChI=1S/C17H17N5O/c1-2-5-13-8-10-14(11-9-13)19-17(23)15-6-3-4-7-16(15)22-12-18-20-21-22/h3-4,6-12H,2,5H2,1H3,(H,19,23). The van der Waals surface area contributed by atoms with Gasteiger partial charge in [-0.3, -0.25) is 4.79 Å². The Morgan fingerprint density at radius 3 is 2.61 bits per heavy atom. The Hall–Kier alpha value is -3.02. The fourth-order valence-electron chi connectivity index (χ4n) is 2.38. The van der Waals surface area contributed by atoms with E-state index in [1.165, 1.54) is 16.6 Å². The summed E-state index contributed by atoms with van der Waals surface area (Å²) >= 11 is 0. The molecule has 0 spiro atoms. The molecule has 0 aliphatic carbocycles. The number of aryl methyl sites for hydroxylation is 1. The second-order valence-electron chi connectivity index (χ2n) is 5.17. The zero-order chi connectivity index (χ0) is 16.1. The van der Waals surface area contributed by atoms with Gasteiger partial charge < -0.3 is 5.32 Å². The summed E-state index contributed by atoms with van der Waals surface area (Å²) in [6, 6.07) is 15.1. The van der Waals surface area contributed by atoms with Crippen LogP contribution in [0.25, 0.3) is 5.69 Å². The highest BCUT2D eigenvalue weighted by molar-refractivity contribution is 6.06. The molecule has 6 heteroatoms. The van der Waals surface area contributed by atoms with Gasteiger partial charge in [-0.05, 0) is 46.7 Å². The number of hydrogen-bond donors (Lipinski definition) is 1. The molecular weight excluding hydrogens is 290 g/mol. The Morgan fingerprint density at radius 2 is 1.91 bits per heavy atom. The van der Waals surface area contributed by atoms with Gasteiger partial charge in [0.1, 0.15) is 6.33 Å². The molecule has 3 aromatic rings. The topological polar surface area (TPSA) is 72.7 Å². The second-order valence-corrected chi connectivity index (χ2v) is 5.17. The number of aromatic nitrogens is 4. The summed E-state index contributed by atoms with van der Waals surface area (Å²) in [4.78, 5) is 12.5. The van der Waals surface area contributed by atoms with Gasteiger partial charge in [0.05, 0.1) is 11.3 Å². The normalized spacial score (nSPS) is 10.5. The predicted molar refractivity (Wildman–Crippen MR) is 87.5 cm³/mol. The van der Waals surface area contributed by atoms with E-state index in [2.05, 4.69) is 27.8 Å². The van der Waals surface area contributed by atoms with Crippen LogP contribution in [-0.4, -0.2) is 26.1 Å². The number of carbonyl (C=O) groups is 1. The average molecular weight is 307 g/mol. The van der Waals surface area contributed by atoms with Gasteiger partial charge in [0, 0.05) is 5.69 Å². The molecule has 0 radical (unpaired) electrons. The molecule has 116 valence electrons.